The van der Waals surface area contributed by atoms with Gasteiger partial charge in [-0.3, -0.25) is 4.68 Å². The van der Waals surface area contributed by atoms with Crippen molar-refractivity contribution >= 4 is 5.82 Å². The van der Waals surface area contributed by atoms with Crippen LogP contribution in [0.15, 0.2) is 18.3 Å². The van der Waals surface area contributed by atoms with E-state index in [1.54, 1.807) is 4.68 Å². The molecule has 0 amide bonds. The van der Waals surface area contributed by atoms with Crippen molar-refractivity contribution in [3.63, 3.8) is 0 Å². The summed E-state index contributed by atoms with van der Waals surface area (Å²) in [7, 11) is 1.87. The number of rotatable bonds is 3. The number of aryl methyl sites for hydroxylation is 1. The van der Waals surface area contributed by atoms with Gasteiger partial charge in [0.25, 0.3) is 0 Å². The number of nitrogens with two attached hydrogens (primary N) is 1. The average Bonchev–Trinajstić information content (AvgIpc) is 2.62. The number of nitrogens with zero attached hydrogens (tertiary/aromatic N) is 4. The van der Waals surface area contributed by atoms with Crippen LogP contribution < -0.4 is 5.73 Å². The van der Waals surface area contributed by atoms with Gasteiger partial charge in [0.15, 0.2) is 5.82 Å². The summed E-state index contributed by atoms with van der Waals surface area (Å²) in [6.45, 7) is 4.30. The van der Waals surface area contributed by atoms with Crippen molar-refractivity contribution in [1.29, 1.82) is 0 Å². The topological polar surface area (TPSA) is 69.6 Å². The van der Waals surface area contributed by atoms with Crippen LogP contribution in [-0.4, -0.2) is 19.7 Å². The molecular formula is C12H17N5. The number of nitrogen functional groups attached to an aromatic ring is 1. The quantitative estimate of drug-likeness (QED) is 0.872. The highest BCUT2D eigenvalue weighted by molar-refractivity contribution is 5.51. The van der Waals surface area contributed by atoms with Crippen LogP contribution in [0.3, 0.4) is 0 Å². The Bertz CT molecular complexity index is 515. The summed E-state index contributed by atoms with van der Waals surface area (Å²) in [6, 6.07) is 3.71. The first kappa shape index (κ1) is 11.6. The van der Waals surface area contributed by atoms with Gasteiger partial charge in [-0.2, -0.15) is 5.10 Å². The summed E-state index contributed by atoms with van der Waals surface area (Å²) >= 11 is 0. The Labute approximate surface area is 101 Å². The molecule has 2 N–H and O–H groups in total. The number of aromatic nitrogens is 4. The molecule has 5 heteroatoms. The molecule has 0 aliphatic rings. The molecule has 17 heavy (non-hydrogen) atoms. The standard InChI is InChI=1S/C12H17N5/c1-8(2)6-9-7-11(13)15-12(14-9)10-4-5-17(3)16-10/h4-5,7-8H,6H2,1-3H3,(H2,13,14,15). The Morgan fingerprint density at radius 1 is 1.35 bits per heavy atom. The maximum absolute atomic E-state index is 5.79. The van der Waals surface area contributed by atoms with Gasteiger partial charge in [-0.1, -0.05) is 13.8 Å². The number of hydrogen-bond donors (Lipinski definition) is 1. The fourth-order valence-electron chi connectivity index (χ4n) is 1.69. The van der Waals surface area contributed by atoms with Gasteiger partial charge in [0.1, 0.15) is 11.5 Å². The first-order valence-corrected chi connectivity index (χ1v) is 5.68. The molecule has 2 aromatic rings. The molecule has 0 aliphatic heterocycles. The van der Waals surface area contributed by atoms with Gasteiger partial charge in [0, 0.05) is 25.0 Å². The van der Waals surface area contributed by atoms with Gasteiger partial charge in [0.2, 0.25) is 0 Å². The smallest absolute Gasteiger partial charge is 0.182 e. The molecule has 0 atom stereocenters. The highest BCUT2D eigenvalue weighted by atomic mass is 15.3. The molecule has 0 aromatic carbocycles. The maximum Gasteiger partial charge on any atom is 0.182 e. The first-order valence-electron chi connectivity index (χ1n) is 5.68. The molecule has 2 rings (SSSR count). The third-order valence-electron chi connectivity index (χ3n) is 2.36. The van der Waals surface area contributed by atoms with Crippen LogP contribution in [-0.2, 0) is 13.5 Å². The highest BCUT2D eigenvalue weighted by Gasteiger charge is 2.08. The van der Waals surface area contributed by atoms with Crippen molar-refractivity contribution in [2.75, 3.05) is 5.73 Å². The molecule has 0 spiro atoms. The molecule has 5 nitrogen and oxygen atoms in total. The largest absolute Gasteiger partial charge is 0.384 e. The van der Waals surface area contributed by atoms with E-state index in [1.807, 2.05) is 25.4 Å². The van der Waals surface area contributed by atoms with E-state index in [0.29, 0.717) is 17.6 Å². The zero-order chi connectivity index (χ0) is 12.4. The van der Waals surface area contributed by atoms with E-state index >= 15 is 0 Å². The van der Waals surface area contributed by atoms with Crippen molar-refractivity contribution < 1.29 is 0 Å². The Morgan fingerprint density at radius 2 is 2.12 bits per heavy atom. The molecule has 0 saturated heterocycles. The van der Waals surface area contributed by atoms with Gasteiger partial charge in [-0.05, 0) is 18.4 Å². The van der Waals surface area contributed by atoms with E-state index in [4.69, 9.17) is 5.73 Å². The van der Waals surface area contributed by atoms with Crippen LogP contribution in [0, 0.1) is 5.92 Å². The van der Waals surface area contributed by atoms with Crippen LogP contribution >= 0.6 is 0 Å². The van der Waals surface area contributed by atoms with Gasteiger partial charge in [-0.15, -0.1) is 0 Å². The lowest BCUT2D eigenvalue weighted by Gasteiger charge is -2.06. The van der Waals surface area contributed by atoms with Gasteiger partial charge in [-0.25, -0.2) is 9.97 Å². The van der Waals surface area contributed by atoms with Crippen LogP contribution in [0.2, 0.25) is 0 Å². The third kappa shape index (κ3) is 2.81. The van der Waals surface area contributed by atoms with Crippen molar-refractivity contribution in [1.82, 2.24) is 19.7 Å². The fraction of sp³-hybridized carbons (Fsp3) is 0.417. The molecule has 0 unspecified atom stereocenters. The highest BCUT2D eigenvalue weighted by Crippen LogP contribution is 2.16. The van der Waals surface area contributed by atoms with E-state index < -0.39 is 0 Å². The van der Waals surface area contributed by atoms with Crippen molar-refractivity contribution in [2.45, 2.75) is 20.3 Å². The number of hydrogen-bond acceptors (Lipinski definition) is 4. The minimum absolute atomic E-state index is 0.497. The molecular weight excluding hydrogens is 214 g/mol. The Hall–Kier alpha value is -1.91. The number of anilines is 1. The summed E-state index contributed by atoms with van der Waals surface area (Å²) in [6.07, 6.45) is 2.76. The lowest BCUT2D eigenvalue weighted by Crippen LogP contribution is -2.03. The van der Waals surface area contributed by atoms with Crippen molar-refractivity contribution in [3.8, 4) is 11.5 Å². The second-order valence-electron chi connectivity index (χ2n) is 4.58. The zero-order valence-electron chi connectivity index (χ0n) is 10.4. The molecule has 0 bridgehead atoms. The van der Waals surface area contributed by atoms with E-state index in [2.05, 4.69) is 28.9 Å². The van der Waals surface area contributed by atoms with Gasteiger partial charge >= 0.3 is 0 Å². The first-order chi connectivity index (χ1) is 8.04. The summed E-state index contributed by atoms with van der Waals surface area (Å²) in [5, 5.41) is 4.28. The van der Waals surface area contributed by atoms with Gasteiger partial charge in [0.05, 0.1) is 0 Å². The predicted octanol–water partition coefficient (Wildman–Crippen LogP) is 1.66. The van der Waals surface area contributed by atoms with E-state index in [-0.39, 0.29) is 0 Å². The molecule has 90 valence electrons. The van der Waals surface area contributed by atoms with Crippen molar-refractivity contribution in [3.05, 3.63) is 24.0 Å². The Kier molecular flexibility index (Phi) is 3.08. The summed E-state index contributed by atoms with van der Waals surface area (Å²) in [5.41, 5.74) is 7.51. The van der Waals surface area contributed by atoms with Crippen LogP contribution in [0.4, 0.5) is 5.82 Å². The maximum atomic E-state index is 5.79. The zero-order valence-corrected chi connectivity index (χ0v) is 10.4. The molecule has 2 aromatic heterocycles. The molecule has 2 heterocycles. The van der Waals surface area contributed by atoms with Crippen molar-refractivity contribution in [2.24, 2.45) is 13.0 Å². The summed E-state index contributed by atoms with van der Waals surface area (Å²) in [4.78, 5) is 8.71. The molecule has 0 saturated carbocycles. The van der Waals surface area contributed by atoms with E-state index in [1.165, 1.54) is 0 Å². The minimum atomic E-state index is 0.497. The minimum Gasteiger partial charge on any atom is -0.384 e. The lowest BCUT2D eigenvalue weighted by molar-refractivity contribution is 0.634. The summed E-state index contributed by atoms with van der Waals surface area (Å²) in [5.74, 6) is 1.64. The average molecular weight is 231 g/mol. The second kappa shape index (κ2) is 4.53. The molecule has 0 aliphatic carbocycles. The SMILES string of the molecule is CC(C)Cc1cc(N)nc(-c2ccn(C)n2)n1. The normalized spacial score (nSPS) is 11.1. The summed E-state index contributed by atoms with van der Waals surface area (Å²) < 4.78 is 1.73. The monoisotopic (exact) mass is 231 g/mol. The second-order valence-corrected chi connectivity index (χ2v) is 4.58. The van der Waals surface area contributed by atoms with Crippen LogP contribution in [0.5, 0.6) is 0 Å². The molecule has 0 radical (unpaired) electrons. The van der Waals surface area contributed by atoms with Gasteiger partial charge < -0.3 is 5.73 Å². The van der Waals surface area contributed by atoms with Crippen LogP contribution in [0.25, 0.3) is 11.5 Å². The Morgan fingerprint density at radius 3 is 2.71 bits per heavy atom. The van der Waals surface area contributed by atoms with E-state index in [0.717, 1.165) is 17.8 Å². The van der Waals surface area contributed by atoms with E-state index in [9.17, 15) is 0 Å². The predicted molar refractivity (Wildman–Crippen MR) is 67.2 cm³/mol. The Balaban J connectivity index is 2.37. The lowest BCUT2D eigenvalue weighted by atomic mass is 10.1. The van der Waals surface area contributed by atoms with Crippen LogP contribution in [0.1, 0.15) is 19.5 Å². The third-order valence-corrected chi connectivity index (χ3v) is 2.36. The molecule has 0 fully saturated rings. The fourth-order valence-corrected chi connectivity index (χ4v) is 1.69.